The van der Waals surface area contributed by atoms with Crippen molar-refractivity contribution < 1.29 is 26.8 Å². The van der Waals surface area contributed by atoms with Gasteiger partial charge in [-0.2, -0.15) is 4.31 Å². The Kier molecular flexibility index (Phi) is 8.76. The number of hydrogen-bond acceptors (Lipinski definition) is 4. The van der Waals surface area contributed by atoms with Crippen LogP contribution in [-0.4, -0.2) is 37.1 Å². The fraction of sp³-hybridized carbons (Fsp3) is 0.259. The fourth-order valence-electron chi connectivity index (χ4n) is 4.22. The van der Waals surface area contributed by atoms with Crippen molar-refractivity contribution in [1.29, 1.82) is 0 Å². The molecule has 3 aromatic rings. The van der Waals surface area contributed by atoms with Gasteiger partial charge in [-0.05, 0) is 73.4 Å². The summed E-state index contributed by atoms with van der Waals surface area (Å²) in [5, 5.41) is 5.65. The van der Waals surface area contributed by atoms with E-state index in [0.717, 1.165) is 18.6 Å². The van der Waals surface area contributed by atoms with Crippen LogP contribution in [0.1, 0.15) is 40.7 Å². The van der Waals surface area contributed by atoms with E-state index in [-0.39, 0.29) is 35.0 Å². The van der Waals surface area contributed by atoms with Crippen molar-refractivity contribution in [1.82, 2.24) is 14.9 Å². The Labute approximate surface area is 224 Å². The molecule has 0 unspecified atom stereocenters. The third kappa shape index (κ3) is 6.38. The number of carbonyl (C=O) groups excluding carboxylic acids is 2. The number of amides is 2. The minimum atomic E-state index is -4.08. The zero-order valence-corrected chi connectivity index (χ0v) is 21.9. The van der Waals surface area contributed by atoms with Crippen LogP contribution in [-0.2, 0) is 27.9 Å². The van der Waals surface area contributed by atoms with Crippen LogP contribution in [0.3, 0.4) is 0 Å². The van der Waals surface area contributed by atoms with E-state index in [1.165, 1.54) is 46.8 Å². The van der Waals surface area contributed by atoms with Gasteiger partial charge in [0.25, 0.3) is 5.91 Å². The summed E-state index contributed by atoms with van der Waals surface area (Å²) in [5.41, 5.74) is 0.531. The van der Waals surface area contributed by atoms with Crippen LogP contribution in [0, 0.1) is 11.6 Å². The Morgan fingerprint density at radius 1 is 1.00 bits per heavy atom. The predicted molar refractivity (Wildman–Crippen MR) is 139 cm³/mol. The molecule has 11 heteroatoms. The minimum Gasteiger partial charge on any atom is -0.355 e. The number of rotatable bonds is 8. The summed E-state index contributed by atoms with van der Waals surface area (Å²) in [4.78, 5) is 25.4. The van der Waals surface area contributed by atoms with Gasteiger partial charge in [0.15, 0.2) is 0 Å². The topological polar surface area (TPSA) is 95.6 Å². The third-order valence-electron chi connectivity index (χ3n) is 6.32. The van der Waals surface area contributed by atoms with Gasteiger partial charge in [-0.15, -0.1) is 0 Å². The van der Waals surface area contributed by atoms with Crippen LogP contribution >= 0.6 is 11.6 Å². The first kappa shape index (κ1) is 27.7. The van der Waals surface area contributed by atoms with Gasteiger partial charge in [-0.1, -0.05) is 29.8 Å². The predicted octanol–water partition coefficient (Wildman–Crippen LogP) is 4.41. The third-order valence-corrected chi connectivity index (χ3v) is 8.44. The number of nitrogens with zero attached hydrogens (tertiary/aromatic N) is 1. The highest BCUT2D eigenvalue weighted by Crippen LogP contribution is 2.26. The lowest BCUT2D eigenvalue weighted by Crippen LogP contribution is -2.48. The zero-order valence-electron chi connectivity index (χ0n) is 20.3. The Balaban J connectivity index is 1.55. The van der Waals surface area contributed by atoms with Crippen molar-refractivity contribution in [3.05, 3.63) is 100 Å². The van der Waals surface area contributed by atoms with E-state index in [9.17, 15) is 26.8 Å². The average Bonchev–Trinajstić information content (AvgIpc) is 3.11. The van der Waals surface area contributed by atoms with Crippen molar-refractivity contribution in [2.75, 3.05) is 6.54 Å². The summed E-state index contributed by atoms with van der Waals surface area (Å²) >= 11 is 5.94. The molecule has 0 aliphatic carbocycles. The molecule has 4 rings (SSSR count). The summed E-state index contributed by atoms with van der Waals surface area (Å²) in [7, 11) is -4.08. The van der Waals surface area contributed by atoms with Gasteiger partial charge in [-0.3, -0.25) is 9.59 Å². The monoisotopic (exact) mass is 561 g/mol. The summed E-state index contributed by atoms with van der Waals surface area (Å²) in [5.74, 6) is -2.43. The first-order chi connectivity index (χ1) is 18.2. The molecule has 7 nitrogen and oxygen atoms in total. The lowest BCUT2D eigenvalue weighted by Gasteiger charge is -2.29. The average molecular weight is 562 g/mol. The van der Waals surface area contributed by atoms with Gasteiger partial charge in [0.2, 0.25) is 15.9 Å². The molecule has 0 saturated carbocycles. The molecule has 0 bridgehead atoms. The molecular weight excluding hydrogens is 536 g/mol. The maximum Gasteiger partial charge on any atom is 0.251 e. The van der Waals surface area contributed by atoms with Gasteiger partial charge in [0, 0.05) is 35.8 Å². The van der Waals surface area contributed by atoms with Crippen LogP contribution in [0.15, 0.2) is 71.6 Å². The number of hydrogen-bond donors (Lipinski definition) is 2. The largest absolute Gasteiger partial charge is 0.355 e. The summed E-state index contributed by atoms with van der Waals surface area (Å²) in [6, 6.07) is 14.4. The Morgan fingerprint density at radius 3 is 2.32 bits per heavy atom. The van der Waals surface area contributed by atoms with Gasteiger partial charge < -0.3 is 10.6 Å². The van der Waals surface area contributed by atoms with Crippen molar-refractivity contribution in [2.45, 2.75) is 43.3 Å². The molecule has 2 N–H and O–H groups in total. The molecule has 1 fully saturated rings. The van der Waals surface area contributed by atoms with E-state index in [1.807, 2.05) is 0 Å². The SMILES string of the molecule is O=C(NCc1c(F)cccc1F)c1ccc(CN([C@@H]2CCCCNC2=O)S(=O)(=O)c2ccc(Cl)cc2)cc1. The Bertz CT molecular complexity index is 1400. The molecule has 38 heavy (non-hydrogen) atoms. The molecular formula is C27H26ClF2N3O4S. The molecule has 0 spiro atoms. The van der Waals surface area contributed by atoms with Crippen molar-refractivity contribution >= 4 is 33.4 Å². The maximum absolute atomic E-state index is 13.8. The van der Waals surface area contributed by atoms with Gasteiger partial charge in [0.05, 0.1) is 4.90 Å². The van der Waals surface area contributed by atoms with Crippen LogP contribution in [0.25, 0.3) is 0 Å². The number of benzene rings is 3. The summed E-state index contributed by atoms with van der Waals surface area (Å²) in [6.45, 7) is 0.0408. The minimum absolute atomic E-state index is 0.00956. The molecule has 200 valence electrons. The van der Waals surface area contributed by atoms with Crippen LogP contribution in [0.2, 0.25) is 5.02 Å². The molecule has 0 aromatic heterocycles. The number of halogens is 3. The van der Waals surface area contributed by atoms with Crippen LogP contribution in [0.4, 0.5) is 8.78 Å². The lowest BCUT2D eigenvalue weighted by atomic mass is 10.1. The second-order valence-corrected chi connectivity index (χ2v) is 11.2. The van der Waals surface area contributed by atoms with Gasteiger partial charge in [-0.25, -0.2) is 17.2 Å². The van der Waals surface area contributed by atoms with E-state index in [4.69, 9.17) is 11.6 Å². The standard InChI is InChI=1S/C27H26ClF2N3O4S/c28-20-11-13-21(14-12-20)38(36,37)33(25-6-1-2-15-31-27(25)35)17-18-7-9-19(10-8-18)26(34)32-16-22-23(29)4-3-5-24(22)30/h3-5,7-14,25H,1-2,6,15-17H2,(H,31,35)(H,32,34)/t25-/m1/s1. The second-order valence-electron chi connectivity index (χ2n) is 8.89. The summed E-state index contributed by atoms with van der Waals surface area (Å²) in [6.07, 6.45) is 1.79. The molecule has 2 amide bonds. The Hall–Kier alpha value is -3.34. The molecule has 1 saturated heterocycles. The van der Waals surface area contributed by atoms with Gasteiger partial charge >= 0.3 is 0 Å². The molecule has 1 aliphatic rings. The van der Waals surface area contributed by atoms with E-state index in [0.29, 0.717) is 30.0 Å². The van der Waals surface area contributed by atoms with E-state index >= 15 is 0 Å². The van der Waals surface area contributed by atoms with E-state index < -0.39 is 33.6 Å². The molecule has 1 heterocycles. The number of carbonyl (C=O) groups is 2. The zero-order chi connectivity index (χ0) is 27.3. The second kappa shape index (κ2) is 12.0. The fourth-order valence-corrected chi connectivity index (χ4v) is 5.95. The van der Waals surface area contributed by atoms with E-state index in [1.54, 1.807) is 12.1 Å². The van der Waals surface area contributed by atoms with Gasteiger partial charge in [0.1, 0.15) is 17.7 Å². The first-order valence-electron chi connectivity index (χ1n) is 12.0. The summed E-state index contributed by atoms with van der Waals surface area (Å²) < 4.78 is 56.1. The van der Waals surface area contributed by atoms with E-state index in [2.05, 4.69) is 10.6 Å². The molecule has 0 radical (unpaired) electrons. The van der Waals surface area contributed by atoms with Crippen LogP contribution in [0.5, 0.6) is 0 Å². The molecule has 1 atom stereocenters. The number of nitrogens with one attached hydrogen (secondary N) is 2. The highest BCUT2D eigenvalue weighted by Gasteiger charge is 2.36. The maximum atomic E-state index is 13.8. The highest BCUT2D eigenvalue weighted by molar-refractivity contribution is 7.89. The van der Waals surface area contributed by atoms with Crippen LogP contribution < -0.4 is 10.6 Å². The molecule has 3 aromatic carbocycles. The Morgan fingerprint density at radius 2 is 1.66 bits per heavy atom. The first-order valence-corrected chi connectivity index (χ1v) is 13.8. The van der Waals surface area contributed by atoms with Crippen molar-refractivity contribution in [2.24, 2.45) is 0 Å². The highest BCUT2D eigenvalue weighted by atomic mass is 35.5. The van der Waals surface area contributed by atoms with Crippen molar-refractivity contribution in [3.63, 3.8) is 0 Å². The molecule has 1 aliphatic heterocycles. The lowest BCUT2D eigenvalue weighted by molar-refractivity contribution is -0.124. The quantitative estimate of drug-likeness (QED) is 0.426. The smallest absolute Gasteiger partial charge is 0.251 e. The normalized spacial score (nSPS) is 16.1. The number of sulfonamides is 1. The van der Waals surface area contributed by atoms with Crippen molar-refractivity contribution in [3.8, 4) is 0 Å².